The van der Waals surface area contributed by atoms with Crippen molar-refractivity contribution in [3.8, 4) is 5.75 Å². The highest BCUT2D eigenvalue weighted by molar-refractivity contribution is 6.04. The number of carbonyl (C=O) groups excluding carboxylic acids is 1. The molecule has 0 aliphatic heterocycles. The number of phenols is 1. The summed E-state index contributed by atoms with van der Waals surface area (Å²) in [5, 5.41) is 20.5. The fourth-order valence-corrected chi connectivity index (χ4v) is 1.55. The van der Waals surface area contributed by atoms with Gasteiger partial charge in [0.25, 0.3) is 5.69 Å². The fourth-order valence-electron chi connectivity index (χ4n) is 1.55. The number of nitro benzene ring substituents is 1. The van der Waals surface area contributed by atoms with Crippen LogP contribution in [0.2, 0.25) is 0 Å². The van der Waals surface area contributed by atoms with Crippen LogP contribution in [0.3, 0.4) is 0 Å². The first-order valence-corrected chi connectivity index (χ1v) is 5.18. The molecule has 1 N–H and O–H groups in total. The van der Waals surface area contributed by atoms with Crippen molar-refractivity contribution in [1.29, 1.82) is 0 Å². The first kappa shape index (κ1) is 13.2. The maximum Gasteiger partial charge on any atom is 0.273 e. The van der Waals surface area contributed by atoms with Crippen molar-refractivity contribution >= 4 is 11.5 Å². The molecule has 1 rings (SSSR count). The minimum atomic E-state index is -0.697. The van der Waals surface area contributed by atoms with E-state index >= 15 is 0 Å². The number of ketones is 1. The monoisotopic (exact) mass is 237 g/mol. The molecule has 0 saturated carbocycles. The Morgan fingerprint density at radius 2 is 1.88 bits per heavy atom. The van der Waals surface area contributed by atoms with Gasteiger partial charge < -0.3 is 5.11 Å². The van der Waals surface area contributed by atoms with Gasteiger partial charge >= 0.3 is 0 Å². The average molecular weight is 237 g/mol. The third-order valence-electron chi connectivity index (χ3n) is 2.52. The molecule has 0 amide bonds. The summed E-state index contributed by atoms with van der Waals surface area (Å²) < 4.78 is 0. The molecular weight excluding hydrogens is 222 g/mol. The van der Waals surface area contributed by atoms with Crippen LogP contribution in [-0.4, -0.2) is 15.8 Å². The number of hydrogen-bond acceptors (Lipinski definition) is 4. The maximum absolute atomic E-state index is 12.1. The van der Waals surface area contributed by atoms with Gasteiger partial charge in [0.15, 0.2) is 5.78 Å². The van der Waals surface area contributed by atoms with Gasteiger partial charge in [0.05, 0.1) is 10.5 Å². The topological polar surface area (TPSA) is 80.4 Å². The number of phenolic OH excluding ortho intramolecular Hbond substituents is 1. The smallest absolute Gasteiger partial charge is 0.273 e. The molecule has 0 aromatic heterocycles. The van der Waals surface area contributed by atoms with Crippen molar-refractivity contribution in [2.24, 2.45) is 5.41 Å². The van der Waals surface area contributed by atoms with Gasteiger partial charge in [0, 0.05) is 17.0 Å². The molecule has 1 aromatic rings. The van der Waals surface area contributed by atoms with E-state index in [9.17, 15) is 20.0 Å². The second-order valence-electron chi connectivity index (χ2n) is 4.94. The van der Waals surface area contributed by atoms with E-state index in [0.29, 0.717) is 0 Å². The van der Waals surface area contributed by atoms with Crippen molar-refractivity contribution in [1.82, 2.24) is 0 Å². The van der Waals surface area contributed by atoms with E-state index in [2.05, 4.69) is 0 Å². The standard InChI is InChI=1S/C12H15NO4/c1-7-8(13(16)17)5-6-9(14)10(7)11(15)12(2,3)4/h5-6,14H,1-4H3. The second kappa shape index (κ2) is 4.16. The lowest BCUT2D eigenvalue weighted by atomic mass is 9.84. The van der Waals surface area contributed by atoms with Crippen LogP contribution >= 0.6 is 0 Å². The lowest BCUT2D eigenvalue weighted by Crippen LogP contribution is -2.21. The molecule has 0 saturated heterocycles. The molecule has 0 aliphatic carbocycles. The first-order valence-electron chi connectivity index (χ1n) is 5.18. The lowest BCUT2D eigenvalue weighted by Gasteiger charge is -2.18. The molecule has 0 bridgehead atoms. The van der Waals surface area contributed by atoms with Crippen molar-refractivity contribution in [3.05, 3.63) is 33.4 Å². The van der Waals surface area contributed by atoms with E-state index in [0.717, 1.165) is 0 Å². The SMILES string of the molecule is Cc1c([N+](=O)[O-])ccc(O)c1C(=O)C(C)(C)C. The van der Waals surface area contributed by atoms with Crippen LogP contribution in [0.1, 0.15) is 36.7 Å². The van der Waals surface area contributed by atoms with E-state index in [1.54, 1.807) is 20.8 Å². The molecular formula is C12H15NO4. The number of benzene rings is 1. The van der Waals surface area contributed by atoms with Crippen LogP contribution in [0, 0.1) is 22.5 Å². The Bertz CT molecular complexity index is 486. The van der Waals surface area contributed by atoms with Gasteiger partial charge in [-0.05, 0) is 13.0 Å². The molecule has 0 atom stereocenters. The lowest BCUT2D eigenvalue weighted by molar-refractivity contribution is -0.385. The summed E-state index contributed by atoms with van der Waals surface area (Å²) >= 11 is 0. The Morgan fingerprint density at radius 1 is 1.35 bits per heavy atom. The van der Waals surface area contributed by atoms with Gasteiger partial charge in [-0.25, -0.2) is 0 Å². The van der Waals surface area contributed by atoms with Crippen molar-refractivity contribution < 1.29 is 14.8 Å². The molecule has 0 radical (unpaired) electrons. The molecule has 5 heteroatoms. The van der Waals surface area contributed by atoms with Crippen LogP contribution in [0.4, 0.5) is 5.69 Å². The molecule has 0 unspecified atom stereocenters. The summed E-state index contributed by atoms with van der Waals surface area (Å²) in [4.78, 5) is 22.3. The van der Waals surface area contributed by atoms with Crippen LogP contribution in [0.5, 0.6) is 5.75 Å². The van der Waals surface area contributed by atoms with Crippen molar-refractivity contribution in [2.45, 2.75) is 27.7 Å². The second-order valence-corrected chi connectivity index (χ2v) is 4.94. The summed E-state index contributed by atoms with van der Waals surface area (Å²) in [7, 11) is 0. The Morgan fingerprint density at radius 3 is 2.29 bits per heavy atom. The van der Waals surface area contributed by atoms with E-state index in [1.165, 1.54) is 19.1 Å². The summed E-state index contributed by atoms with van der Waals surface area (Å²) in [6.45, 7) is 6.57. The zero-order valence-electron chi connectivity index (χ0n) is 10.3. The van der Waals surface area contributed by atoms with Crippen molar-refractivity contribution in [2.75, 3.05) is 0 Å². The minimum Gasteiger partial charge on any atom is -0.507 e. The summed E-state index contributed by atoms with van der Waals surface area (Å²) in [6, 6.07) is 2.38. The van der Waals surface area contributed by atoms with Crippen LogP contribution in [0.15, 0.2) is 12.1 Å². The number of carbonyl (C=O) groups is 1. The average Bonchev–Trinajstić information content (AvgIpc) is 2.15. The predicted octanol–water partition coefficient (Wildman–Crippen LogP) is 2.84. The van der Waals surface area contributed by atoms with Gasteiger partial charge in [-0.1, -0.05) is 20.8 Å². The number of nitrogens with zero attached hydrogens (tertiary/aromatic N) is 1. The molecule has 0 spiro atoms. The van der Waals surface area contributed by atoms with E-state index in [-0.39, 0.29) is 28.3 Å². The normalized spacial score (nSPS) is 11.3. The third-order valence-corrected chi connectivity index (χ3v) is 2.52. The predicted molar refractivity (Wildman–Crippen MR) is 63.3 cm³/mol. The van der Waals surface area contributed by atoms with E-state index < -0.39 is 10.3 Å². The highest BCUT2D eigenvalue weighted by Crippen LogP contribution is 2.33. The number of aromatic hydroxyl groups is 1. The van der Waals surface area contributed by atoms with Crippen molar-refractivity contribution in [3.63, 3.8) is 0 Å². The number of rotatable bonds is 2. The molecule has 0 heterocycles. The van der Waals surface area contributed by atoms with Crippen LogP contribution < -0.4 is 0 Å². The van der Waals surface area contributed by atoms with E-state index in [1.807, 2.05) is 0 Å². The first-order chi connectivity index (χ1) is 7.66. The quantitative estimate of drug-likeness (QED) is 0.487. The summed E-state index contributed by atoms with van der Waals surface area (Å²) in [5.41, 5.74) is -0.616. The third kappa shape index (κ3) is 2.43. The highest BCUT2D eigenvalue weighted by Gasteiger charge is 2.29. The molecule has 17 heavy (non-hydrogen) atoms. The molecule has 0 aliphatic rings. The van der Waals surface area contributed by atoms with Crippen LogP contribution in [0.25, 0.3) is 0 Å². The zero-order valence-corrected chi connectivity index (χ0v) is 10.3. The Hall–Kier alpha value is -1.91. The van der Waals surface area contributed by atoms with E-state index in [4.69, 9.17) is 0 Å². The van der Waals surface area contributed by atoms with Gasteiger partial charge in [0.1, 0.15) is 5.75 Å². The van der Waals surface area contributed by atoms with Gasteiger partial charge in [-0.3, -0.25) is 14.9 Å². The van der Waals surface area contributed by atoms with Gasteiger partial charge in [-0.15, -0.1) is 0 Å². The van der Waals surface area contributed by atoms with Gasteiger partial charge in [-0.2, -0.15) is 0 Å². The molecule has 5 nitrogen and oxygen atoms in total. The molecule has 1 aromatic carbocycles. The minimum absolute atomic E-state index is 0.0340. The Kier molecular flexibility index (Phi) is 3.22. The molecule has 92 valence electrons. The fraction of sp³-hybridized carbons (Fsp3) is 0.417. The Labute approximate surface area is 99.2 Å². The number of Topliss-reactive ketones (excluding diaryl/α,β-unsaturated/α-hetero) is 1. The number of hydrogen-bond donors (Lipinski definition) is 1. The number of nitro groups is 1. The zero-order chi connectivity index (χ0) is 13.4. The molecule has 0 fully saturated rings. The summed E-state index contributed by atoms with van der Waals surface area (Å²) in [5.74, 6) is -0.524. The maximum atomic E-state index is 12.1. The van der Waals surface area contributed by atoms with Gasteiger partial charge in [0.2, 0.25) is 0 Å². The summed E-state index contributed by atoms with van der Waals surface area (Å²) in [6.07, 6.45) is 0. The highest BCUT2D eigenvalue weighted by atomic mass is 16.6. The largest absolute Gasteiger partial charge is 0.507 e. The Balaban J connectivity index is 3.48. The van der Waals surface area contributed by atoms with Crippen LogP contribution in [-0.2, 0) is 0 Å².